The van der Waals surface area contributed by atoms with Gasteiger partial charge in [0.2, 0.25) is 0 Å². The van der Waals surface area contributed by atoms with E-state index in [1.165, 1.54) is 0 Å². The van der Waals surface area contributed by atoms with E-state index in [1.807, 2.05) is 0 Å². The van der Waals surface area contributed by atoms with Crippen molar-refractivity contribution in [3.05, 3.63) is 45.9 Å². The first-order chi connectivity index (χ1) is 16.0. The van der Waals surface area contributed by atoms with E-state index in [0.717, 1.165) is 12.1 Å². The van der Waals surface area contributed by atoms with E-state index in [-0.39, 0.29) is 61.6 Å². The molecule has 1 aromatic heterocycles. The van der Waals surface area contributed by atoms with Crippen LogP contribution in [0.1, 0.15) is 19.4 Å². The minimum atomic E-state index is -4.56. The Labute approximate surface area is 199 Å². The highest BCUT2D eigenvalue weighted by Gasteiger charge is 2.32. The molecule has 2 heterocycles. The van der Waals surface area contributed by atoms with Crippen LogP contribution in [0.25, 0.3) is 0 Å². The number of anilines is 1. The van der Waals surface area contributed by atoms with E-state index >= 15 is 0 Å². The van der Waals surface area contributed by atoms with E-state index in [0.29, 0.717) is 6.20 Å². The molecule has 2 N–H and O–H groups in total. The molecule has 34 heavy (non-hydrogen) atoms. The molecule has 184 valence electrons. The van der Waals surface area contributed by atoms with Crippen molar-refractivity contribution in [1.82, 2.24) is 9.88 Å². The van der Waals surface area contributed by atoms with Crippen LogP contribution in [0, 0.1) is 11.3 Å². The topological polar surface area (TPSA) is 122 Å². The second-order valence-electron chi connectivity index (χ2n) is 6.91. The Hall–Kier alpha value is -3.46. The van der Waals surface area contributed by atoms with E-state index < -0.39 is 29.3 Å². The highest BCUT2D eigenvalue weighted by atomic mass is 35.5. The van der Waals surface area contributed by atoms with E-state index in [1.54, 1.807) is 29.7 Å². The van der Waals surface area contributed by atoms with Gasteiger partial charge in [-0.05, 0) is 26.0 Å². The molecule has 1 fully saturated rings. The molecule has 1 aromatic rings. The molecule has 0 unspecified atom stereocenters. The van der Waals surface area contributed by atoms with Gasteiger partial charge in [0.05, 0.1) is 23.8 Å². The smallest absolute Gasteiger partial charge is 0.417 e. The maximum absolute atomic E-state index is 12.9. The first-order valence-corrected chi connectivity index (χ1v) is 10.6. The normalized spacial score (nSPS) is 15.4. The molecule has 0 spiro atoms. The number of nitrogens with two attached hydrogens (primary N) is 1. The number of carbonyl (C=O) groups is 2. The number of carbonyl (C=O) groups excluding carboxylic acids is 2. The van der Waals surface area contributed by atoms with E-state index in [4.69, 9.17) is 26.8 Å². The number of aromatic nitrogens is 1. The van der Waals surface area contributed by atoms with Crippen molar-refractivity contribution in [3.8, 4) is 6.07 Å². The SMILES string of the molecule is CCOC(=O)C(/C=C(\C#N)C(=O)OCC)=C(/N)N1CCN(c2ncc(C(F)(F)F)cc2Cl)CC1. The van der Waals surface area contributed by atoms with Gasteiger partial charge in [0.25, 0.3) is 0 Å². The fourth-order valence-corrected chi connectivity index (χ4v) is 3.37. The predicted molar refractivity (Wildman–Crippen MR) is 116 cm³/mol. The van der Waals surface area contributed by atoms with Crippen molar-refractivity contribution in [2.24, 2.45) is 5.73 Å². The number of esters is 2. The van der Waals surface area contributed by atoms with Crippen LogP contribution < -0.4 is 10.6 Å². The zero-order valence-electron chi connectivity index (χ0n) is 18.5. The van der Waals surface area contributed by atoms with Crippen molar-refractivity contribution in [3.63, 3.8) is 0 Å². The molecule has 2 rings (SSSR count). The number of rotatable bonds is 7. The van der Waals surface area contributed by atoms with Gasteiger partial charge in [-0.3, -0.25) is 0 Å². The third-order valence-electron chi connectivity index (χ3n) is 4.74. The quantitative estimate of drug-likeness (QED) is 0.260. The standard InChI is InChI=1S/C21H23ClF3N5O4/c1-3-33-19(31)13(11-26)9-15(20(32)34-4-2)17(27)29-5-7-30(8-6-29)18-16(22)10-14(12-28-18)21(23,24)25/h9-10,12H,3-8,27H2,1-2H3/b13-9+,17-15-. The Morgan fingerprint density at radius 2 is 1.79 bits per heavy atom. The number of pyridine rings is 1. The molecule has 9 nitrogen and oxygen atoms in total. The summed E-state index contributed by atoms with van der Waals surface area (Å²) in [5, 5.41) is 9.14. The fraction of sp³-hybridized carbons (Fsp3) is 0.429. The summed E-state index contributed by atoms with van der Waals surface area (Å²) in [4.78, 5) is 31.6. The molecule has 0 atom stereocenters. The molecule has 1 aliphatic heterocycles. The molecule has 0 aromatic carbocycles. The van der Waals surface area contributed by atoms with Crippen LogP contribution in [0.4, 0.5) is 19.0 Å². The number of hydrogen-bond donors (Lipinski definition) is 1. The Bertz CT molecular complexity index is 1030. The first kappa shape index (κ1) is 26.8. The number of halogens is 4. The average molecular weight is 502 g/mol. The second kappa shape index (κ2) is 11.6. The molecule has 0 radical (unpaired) electrons. The Balaban J connectivity index is 2.27. The molecule has 1 saturated heterocycles. The van der Waals surface area contributed by atoms with Crippen LogP contribution in [0.5, 0.6) is 0 Å². The fourth-order valence-electron chi connectivity index (χ4n) is 3.08. The Morgan fingerprint density at radius 3 is 2.29 bits per heavy atom. The lowest BCUT2D eigenvalue weighted by molar-refractivity contribution is -0.139. The summed E-state index contributed by atoms with van der Waals surface area (Å²) in [5.74, 6) is -1.57. The number of ether oxygens (including phenoxy) is 2. The van der Waals surface area contributed by atoms with Crippen LogP contribution in [0.3, 0.4) is 0 Å². The summed E-state index contributed by atoms with van der Waals surface area (Å²) < 4.78 is 48.4. The lowest BCUT2D eigenvalue weighted by Crippen LogP contribution is -2.48. The van der Waals surface area contributed by atoms with Gasteiger partial charge in [-0.1, -0.05) is 11.6 Å². The number of nitriles is 1. The monoisotopic (exact) mass is 501 g/mol. The van der Waals surface area contributed by atoms with Gasteiger partial charge in [0.15, 0.2) is 0 Å². The summed E-state index contributed by atoms with van der Waals surface area (Å²) in [7, 11) is 0. The summed E-state index contributed by atoms with van der Waals surface area (Å²) in [5.41, 5.74) is 4.63. The number of alkyl halides is 3. The van der Waals surface area contributed by atoms with Gasteiger partial charge in [-0.2, -0.15) is 18.4 Å². The number of piperazine rings is 1. The van der Waals surface area contributed by atoms with Crippen LogP contribution in [-0.4, -0.2) is 61.2 Å². The third-order valence-corrected chi connectivity index (χ3v) is 5.02. The maximum Gasteiger partial charge on any atom is 0.417 e. The summed E-state index contributed by atoms with van der Waals surface area (Å²) in [6.45, 7) is 4.30. The first-order valence-electron chi connectivity index (χ1n) is 10.2. The van der Waals surface area contributed by atoms with Crippen molar-refractivity contribution in [1.29, 1.82) is 5.26 Å². The zero-order valence-corrected chi connectivity index (χ0v) is 19.2. The molecule has 13 heteroatoms. The highest BCUT2D eigenvalue weighted by molar-refractivity contribution is 6.33. The predicted octanol–water partition coefficient (Wildman–Crippen LogP) is 2.62. The Morgan fingerprint density at radius 1 is 1.21 bits per heavy atom. The maximum atomic E-state index is 12.9. The molecule has 0 amide bonds. The molecule has 1 aliphatic rings. The minimum Gasteiger partial charge on any atom is -0.462 e. The van der Waals surface area contributed by atoms with Gasteiger partial charge in [-0.15, -0.1) is 0 Å². The average Bonchev–Trinajstić information content (AvgIpc) is 2.79. The van der Waals surface area contributed by atoms with Crippen molar-refractivity contribution in [2.75, 3.05) is 44.3 Å². The van der Waals surface area contributed by atoms with Gasteiger partial charge >= 0.3 is 18.1 Å². The number of hydrogen-bond acceptors (Lipinski definition) is 9. The van der Waals surface area contributed by atoms with Gasteiger partial charge in [0.1, 0.15) is 28.9 Å². The Kier molecular flexibility index (Phi) is 9.14. The molecular formula is C21H23ClF3N5O4. The van der Waals surface area contributed by atoms with Gasteiger partial charge in [0, 0.05) is 32.4 Å². The largest absolute Gasteiger partial charge is 0.462 e. The van der Waals surface area contributed by atoms with Crippen molar-refractivity contribution in [2.45, 2.75) is 20.0 Å². The molecular weight excluding hydrogens is 479 g/mol. The summed E-state index contributed by atoms with van der Waals surface area (Å²) in [6.07, 6.45) is -2.83. The van der Waals surface area contributed by atoms with Crippen LogP contribution >= 0.6 is 11.6 Å². The highest BCUT2D eigenvalue weighted by Crippen LogP contribution is 2.33. The molecule has 0 aliphatic carbocycles. The van der Waals surface area contributed by atoms with Crippen LogP contribution in [0.15, 0.2) is 35.3 Å². The lowest BCUT2D eigenvalue weighted by Gasteiger charge is -2.37. The van der Waals surface area contributed by atoms with Crippen molar-refractivity contribution < 1.29 is 32.2 Å². The van der Waals surface area contributed by atoms with Crippen molar-refractivity contribution >= 4 is 29.4 Å². The lowest BCUT2D eigenvalue weighted by atomic mass is 10.1. The van der Waals surface area contributed by atoms with Crippen LogP contribution in [0.2, 0.25) is 5.02 Å². The summed E-state index contributed by atoms with van der Waals surface area (Å²) in [6, 6.07) is 2.49. The number of nitrogens with zero attached hydrogens (tertiary/aromatic N) is 4. The van der Waals surface area contributed by atoms with Gasteiger partial charge in [-0.25, -0.2) is 14.6 Å². The van der Waals surface area contributed by atoms with E-state index in [2.05, 4.69) is 4.98 Å². The second-order valence-corrected chi connectivity index (χ2v) is 7.32. The van der Waals surface area contributed by atoms with E-state index in [9.17, 15) is 28.0 Å². The summed E-state index contributed by atoms with van der Waals surface area (Å²) >= 11 is 6.03. The molecule has 0 saturated carbocycles. The minimum absolute atomic E-state index is 0.0263. The zero-order chi connectivity index (χ0) is 25.5. The van der Waals surface area contributed by atoms with Crippen LogP contribution in [-0.2, 0) is 25.2 Å². The molecule has 0 bridgehead atoms. The van der Waals surface area contributed by atoms with Gasteiger partial charge < -0.3 is 25.0 Å². The third kappa shape index (κ3) is 6.54.